The third kappa shape index (κ3) is 3.64. The summed E-state index contributed by atoms with van der Waals surface area (Å²) in [5, 5.41) is 10.2. The van der Waals surface area contributed by atoms with Crippen molar-refractivity contribution in [1.82, 2.24) is 15.1 Å². The van der Waals surface area contributed by atoms with Gasteiger partial charge in [-0.3, -0.25) is 14.3 Å². The van der Waals surface area contributed by atoms with E-state index in [0.29, 0.717) is 12.8 Å². The molecule has 2 heterocycles. The Morgan fingerprint density at radius 1 is 1.38 bits per heavy atom. The Bertz CT molecular complexity index is 766. The van der Waals surface area contributed by atoms with Crippen LogP contribution in [0.5, 0.6) is 0 Å². The summed E-state index contributed by atoms with van der Waals surface area (Å²) in [6.45, 7) is 4.69. The Balaban J connectivity index is 1.55. The molecule has 6 nitrogen and oxygen atoms in total. The molecule has 2 aromatic rings. The summed E-state index contributed by atoms with van der Waals surface area (Å²) in [5.41, 5.74) is 3.83. The number of nitrogens with one attached hydrogen (secondary N) is 2. The standard InChI is InChI=1S/C18H22N4O2/c1-12-10-13(2)22(21-12)9-5-8-17(23)20-16-11-18(24)19-15-7-4-3-6-14(15)16/h3-4,6-7,10,16H,5,8-9,11H2,1-2H3,(H,19,24)(H,20,23)/t16-/m0/s1. The van der Waals surface area contributed by atoms with Gasteiger partial charge in [0.1, 0.15) is 0 Å². The number of aryl methyl sites for hydroxylation is 3. The molecule has 1 aliphatic heterocycles. The van der Waals surface area contributed by atoms with Crippen LogP contribution >= 0.6 is 0 Å². The van der Waals surface area contributed by atoms with Gasteiger partial charge in [0.25, 0.3) is 0 Å². The zero-order valence-corrected chi connectivity index (χ0v) is 14.0. The highest BCUT2D eigenvalue weighted by molar-refractivity contribution is 5.95. The molecule has 0 saturated carbocycles. The highest BCUT2D eigenvalue weighted by atomic mass is 16.2. The first-order chi connectivity index (χ1) is 11.5. The molecule has 0 bridgehead atoms. The van der Waals surface area contributed by atoms with Gasteiger partial charge in [-0.05, 0) is 38.0 Å². The average Bonchev–Trinajstić information content (AvgIpc) is 2.85. The van der Waals surface area contributed by atoms with Gasteiger partial charge >= 0.3 is 0 Å². The van der Waals surface area contributed by atoms with Crippen LogP contribution in [-0.4, -0.2) is 21.6 Å². The zero-order valence-electron chi connectivity index (χ0n) is 14.0. The van der Waals surface area contributed by atoms with Gasteiger partial charge in [0.2, 0.25) is 11.8 Å². The number of carbonyl (C=O) groups excluding carboxylic acids is 2. The highest BCUT2D eigenvalue weighted by Gasteiger charge is 2.25. The van der Waals surface area contributed by atoms with E-state index < -0.39 is 0 Å². The van der Waals surface area contributed by atoms with Crippen LogP contribution in [-0.2, 0) is 16.1 Å². The van der Waals surface area contributed by atoms with E-state index in [1.807, 2.05) is 48.9 Å². The van der Waals surface area contributed by atoms with Crippen LogP contribution < -0.4 is 10.6 Å². The van der Waals surface area contributed by atoms with E-state index in [1.165, 1.54) is 0 Å². The molecule has 0 fully saturated rings. The molecule has 0 saturated heterocycles. The molecule has 1 aromatic carbocycles. The van der Waals surface area contributed by atoms with E-state index in [4.69, 9.17) is 0 Å². The predicted molar refractivity (Wildman–Crippen MR) is 91.5 cm³/mol. The number of hydrogen-bond acceptors (Lipinski definition) is 3. The average molecular weight is 326 g/mol. The summed E-state index contributed by atoms with van der Waals surface area (Å²) in [7, 11) is 0. The summed E-state index contributed by atoms with van der Waals surface area (Å²) in [6, 6.07) is 9.36. The summed E-state index contributed by atoms with van der Waals surface area (Å²) < 4.78 is 1.92. The fourth-order valence-corrected chi connectivity index (χ4v) is 3.10. The molecule has 24 heavy (non-hydrogen) atoms. The third-order valence-corrected chi connectivity index (χ3v) is 4.21. The first-order valence-electron chi connectivity index (χ1n) is 8.22. The number of rotatable bonds is 5. The first-order valence-corrected chi connectivity index (χ1v) is 8.22. The number of anilines is 1. The molecule has 3 rings (SSSR count). The Hall–Kier alpha value is -2.63. The molecule has 2 N–H and O–H groups in total. The first kappa shape index (κ1) is 16.2. The summed E-state index contributed by atoms with van der Waals surface area (Å²) in [4.78, 5) is 24.0. The van der Waals surface area contributed by atoms with Crippen molar-refractivity contribution in [2.24, 2.45) is 0 Å². The molecular weight excluding hydrogens is 304 g/mol. The lowest BCUT2D eigenvalue weighted by atomic mass is 9.97. The van der Waals surface area contributed by atoms with E-state index in [0.717, 1.165) is 29.2 Å². The second-order valence-electron chi connectivity index (χ2n) is 6.21. The van der Waals surface area contributed by atoms with Crippen molar-refractivity contribution in [1.29, 1.82) is 0 Å². The molecule has 2 amide bonds. The number of para-hydroxylation sites is 1. The van der Waals surface area contributed by atoms with E-state index in [1.54, 1.807) is 0 Å². The van der Waals surface area contributed by atoms with Crippen molar-refractivity contribution < 1.29 is 9.59 Å². The zero-order chi connectivity index (χ0) is 17.1. The molecule has 6 heteroatoms. The molecule has 1 aromatic heterocycles. The third-order valence-electron chi connectivity index (χ3n) is 4.21. The number of carbonyl (C=O) groups is 2. The number of hydrogen-bond donors (Lipinski definition) is 2. The lowest BCUT2D eigenvalue weighted by molar-refractivity contribution is -0.122. The Labute approximate surface area is 141 Å². The normalized spacial score (nSPS) is 16.4. The maximum absolute atomic E-state index is 12.2. The molecule has 0 aliphatic carbocycles. The van der Waals surface area contributed by atoms with Crippen LogP contribution in [0.2, 0.25) is 0 Å². The van der Waals surface area contributed by atoms with Crippen LogP contribution in [0.25, 0.3) is 0 Å². The van der Waals surface area contributed by atoms with Crippen molar-refractivity contribution in [3.63, 3.8) is 0 Å². The van der Waals surface area contributed by atoms with Gasteiger partial charge in [0, 0.05) is 24.3 Å². The van der Waals surface area contributed by atoms with E-state index in [-0.39, 0.29) is 24.3 Å². The van der Waals surface area contributed by atoms with Gasteiger partial charge in [0.05, 0.1) is 18.2 Å². The van der Waals surface area contributed by atoms with Gasteiger partial charge in [-0.15, -0.1) is 0 Å². The SMILES string of the molecule is Cc1cc(C)n(CCCC(=O)N[C@H]2CC(=O)Nc3ccccc32)n1. The minimum atomic E-state index is -0.254. The van der Waals surface area contributed by atoms with E-state index >= 15 is 0 Å². The fourth-order valence-electron chi connectivity index (χ4n) is 3.10. The topological polar surface area (TPSA) is 76.0 Å². The lowest BCUT2D eigenvalue weighted by Gasteiger charge is -2.26. The van der Waals surface area contributed by atoms with Crippen LogP contribution in [0.3, 0.4) is 0 Å². The molecule has 1 atom stereocenters. The second kappa shape index (κ2) is 6.86. The van der Waals surface area contributed by atoms with Crippen molar-refractivity contribution in [2.45, 2.75) is 45.7 Å². The molecule has 0 spiro atoms. The maximum atomic E-state index is 12.2. The van der Waals surface area contributed by atoms with Crippen molar-refractivity contribution >= 4 is 17.5 Å². The number of aromatic nitrogens is 2. The van der Waals surface area contributed by atoms with Crippen LogP contribution in [0, 0.1) is 13.8 Å². The Kier molecular flexibility index (Phi) is 4.64. The predicted octanol–water partition coefficient (Wildman–Crippen LogP) is 2.48. The van der Waals surface area contributed by atoms with Gasteiger partial charge in [-0.2, -0.15) is 5.10 Å². The van der Waals surface area contributed by atoms with Gasteiger partial charge in [0.15, 0.2) is 0 Å². The van der Waals surface area contributed by atoms with Crippen LogP contribution in [0.4, 0.5) is 5.69 Å². The smallest absolute Gasteiger partial charge is 0.226 e. The molecule has 126 valence electrons. The Morgan fingerprint density at radius 3 is 2.92 bits per heavy atom. The number of fused-ring (bicyclic) bond motifs is 1. The number of amides is 2. The van der Waals surface area contributed by atoms with Crippen molar-refractivity contribution in [3.8, 4) is 0 Å². The largest absolute Gasteiger partial charge is 0.349 e. The van der Waals surface area contributed by atoms with Crippen LogP contribution in [0.15, 0.2) is 30.3 Å². The fraction of sp³-hybridized carbons (Fsp3) is 0.389. The number of nitrogens with zero attached hydrogens (tertiary/aromatic N) is 2. The van der Waals surface area contributed by atoms with Gasteiger partial charge in [-0.25, -0.2) is 0 Å². The van der Waals surface area contributed by atoms with E-state index in [9.17, 15) is 9.59 Å². The molecule has 0 radical (unpaired) electrons. The maximum Gasteiger partial charge on any atom is 0.226 e. The number of benzene rings is 1. The highest BCUT2D eigenvalue weighted by Crippen LogP contribution is 2.29. The molecule has 1 aliphatic rings. The molecular formula is C18H22N4O2. The Morgan fingerprint density at radius 2 is 2.17 bits per heavy atom. The molecule has 0 unspecified atom stereocenters. The lowest BCUT2D eigenvalue weighted by Crippen LogP contribution is -2.35. The minimum absolute atomic E-state index is 0.0361. The van der Waals surface area contributed by atoms with Gasteiger partial charge in [-0.1, -0.05) is 18.2 Å². The summed E-state index contributed by atoms with van der Waals surface area (Å²) in [6.07, 6.45) is 1.41. The van der Waals surface area contributed by atoms with Crippen molar-refractivity contribution in [2.75, 3.05) is 5.32 Å². The van der Waals surface area contributed by atoms with Crippen molar-refractivity contribution in [3.05, 3.63) is 47.3 Å². The summed E-state index contributed by atoms with van der Waals surface area (Å²) >= 11 is 0. The van der Waals surface area contributed by atoms with Gasteiger partial charge < -0.3 is 10.6 Å². The van der Waals surface area contributed by atoms with Crippen LogP contribution in [0.1, 0.15) is 42.3 Å². The summed E-state index contributed by atoms with van der Waals surface area (Å²) in [5.74, 6) is -0.104. The minimum Gasteiger partial charge on any atom is -0.349 e. The monoisotopic (exact) mass is 326 g/mol. The van der Waals surface area contributed by atoms with E-state index in [2.05, 4.69) is 15.7 Å². The second-order valence-corrected chi connectivity index (χ2v) is 6.21. The quantitative estimate of drug-likeness (QED) is 0.886.